The minimum atomic E-state index is -0.806. The summed E-state index contributed by atoms with van der Waals surface area (Å²) in [6.45, 7) is 7.55. The largest absolute Gasteiger partial charge is 0.481 e. The Morgan fingerprint density at radius 2 is 2.17 bits per heavy atom. The van der Waals surface area contributed by atoms with Gasteiger partial charge in [-0.3, -0.25) is 9.59 Å². The average molecular weight is 256 g/mol. The Kier molecular flexibility index (Phi) is 5.14. The summed E-state index contributed by atoms with van der Waals surface area (Å²) in [4.78, 5) is 25.0. The molecule has 1 fully saturated rings. The van der Waals surface area contributed by atoms with E-state index in [0.717, 1.165) is 13.0 Å². The molecular formula is C13H24N2O3. The number of nitrogens with one attached hydrogen (secondary N) is 1. The van der Waals surface area contributed by atoms with E-state index in [1.807, 2.05) is 13.8 Å². The third-order valence-corrected chi connectivity index (χ3v) is 3.60. The number of hydrogen-bond donors (Lipinski definition) is 2. The highest BCUT2D eigenvalue weighted by Gasteiger charge is 2.39. The number of likely N-dealkylation sites (tertiary alicyclic amines) is 1. The van der Waals surface area contributed by atoms with Gasteiger partial charge in [-0.2, -0.15) is 0 Å². The van der Waals surface area contributed by atoms with E-state index in [0.29, 0.717) is 25.9 Å². The molecule has 0 aromatic rings. The minimum Gasteiger partial charge on any atom is -0.481 e. The SMILES string of the molecule is CCNC(C)CC(=O)N1CCCC(C)(C(=O)O)C1. The van der Waals surface area contributed by atoms with E-state index in [9.17, 15) is 14.7 Å². The molecule has 18 heavy (non-hydrogen) atoms. The summed E-state index contributed by atoms with van der Waals surface area (Å²) in [5, 5.41) is 12.4. The molecule has 1 amide bonds. The lowest BCUT2D eigenvalue weighted by atomic mass is 9.82. The van der Waals surface area contributed by atoms with Crippen molar-refractivity contribution in [3.05, 3.63) is 0 Å². The van der Waals surface area contributed by atoms with Crippen LogP contribution in [0.5, 0.6) is 0 Å². The number of piperidine rings is 1. The van der Waals surface area contributed by atoms with E-state index in [4.69, 9.17) is 0 Å². The molecule has 2 unspecified atom stereocenters. The Bertz CT molecular complexity index is 319. The lowest BCUT2D eigenvalue weighted by Crippen LogP contribution is -2.49. The zero-order valence-corrected chi connectivity index (χ0v) is 11.5. The fourth-order valence-electron chi connectivity index (χ4n) is 2.44. The number of hydrogen-bond acceptors (Lipinski definition) is 3. The van der Waals surface area contributed by atoms with Crippen LogP contribution in [-0.4, -0.2) is 47.6 Å². The standard InChI is InChI=1S/C13H24N2O3/c1-4-14-10(2)8-11(16)15-7-5-6-13(3,9-15)12(17)18/h10,14H,4-9H2,1-3H3,(H,17,18). The lowest BCUT2D eigenvalue weighted by Gasteiger charge is -2.38. The van der Waals surface area contributed by atoms with Crippen LogP contribution in [0.25, 0.3) is 0 Å². The number of rotatable bonds is 5. The Morgan fingerprint density at radius 1 is 1.50 bits per heavy atom. The van der Waals surface area contributed by atoms with Crippen LogP contribution in [0.15, 0.2) is 0 Å². The van der Waals surface area contributed by atoms with Crippen LogP contribution in [0.3, 0.4) is 0 Å². The van der Waals surface area contributed by atoms with Crippen LogP contribution in [0.4, 0.5) is 0 Å². The molecular weight excluding hydrogens is 232 g/mol. The topological polar surface area (TPSA) is 69.6 Å². The summed E-state index contributed by atoms with van der Waals surface area (Å²) in [5.74, 6) is -0.754. The first-order valence-corrected chi connectivity index (χ1v) is 6.63. The molecule has 1 saturated heterocycles. The quantitative estimate of drug-likeness (QED) is 0.772. The second-order valence-corrected chi connectivity index (χ2v) is 5.45. The maximum Gasteiger partial charge on any atom is 0.311 e. The molecule has 5 heteroatoms. The molecule has 0 aliphatic carbocycles. The van der Waals surface area contributed by atoms with Crippen molar-refractivity contribution < 1.29 is 14.7 Å². The Morgan fingerprint density at radius 3 is 2.72 bits per heavy atom. The zero-order chi connectivity index (χ0) is 13.8. The molecule has 104 valence electrons. The third kappa shape index (κ3) is 3.70. The van der Waals surface area contributed by atoms with Crippen molar-refractivity contribution >= 4 is 11.9 Å². The minimum absolute atomic E-state index is 0.0515. The summed E-state index contributed by atoms with van der Waals surface area (Å²) in [7, 11) is 0. The number of carboxylic acid groups (broad SMARTS) is 1. The normalized spacial score (nSPS) is 25.8. The monoisotopic (exact) mass is 256 g/mol. The number of carbonyl (C=O) groups is 2. The number of aliphatic carboxylic acids is 1. The van der Waals surface area contributed by atoms with Crippen molar-refractivity contribution in [2.75, 3.05) is 19.6 Å². The predicted molar refractivity (Wildman–Crippen MR) is 69.3 cm³/mol. The first kappa shape index (κ1) is 15.0. The van der Waals surface area contributed by atoms with Gasteiger partial charge in [0.25, 0.3) is 0 Å². The molecule has 1 aliphatic heterocycles. The molecule has 5 nitrogen and oxygen atoms in total. The predicted octanol–water partition coefficient (Wildman–Crippen LogP) is 1.09. The molecule has 0 spiro atoms. The summed E-state index contributed by atoms with van der Waals surface area (Å²) in [6, 6.07) is 0.139. The number of nitrogens with zero attached hydrogens (tertiary/aromatic N) is 1. The molecule has 2 atom stereocenters. The van der Waals surface area contributed by atoms with E-state index in [1.165, 1.54) is 0 Å². The Labute approximate surface area is 109 Å². The number of carbonyl (C=O) groups excluding carboxylic acids is 1. The van der Waals surface area contributed by atoms with Gasteiger partial charge in [0, 0.05) is 25.6 Å². The number of carboxylic acids is 1. The van der Waals surface area contributed by atoms with E-state index in [1.54, 1.807) is 11.8 Å². The van der Waals surface area contributed by atoms with Crippen molar-refractivity contribution in [2.24, 2.45) is 5.41 Å². The van der Waals surface area contributed by atoms with Crippen LogP contribution < -0.4 is 5.32 Å². The van der Waals surface area contributed by atoms with Crippen LogP contribution in [0, 0.1) is 5.41 Å². The van der Waals surface area contributed by atoms with E-state index >= 15 is 0 Å². The van der Waals surface area contributed by atoms with Crippen molar-refractivity contribution in [3.8, 4) is 0 Å². The fourth-order valence-corrected chi connectivity index (χ4v) is 2.44. The maximum absolute atomic E-state index is 12.1. The first-order valence-electron chi connectivity index (χ1n) is 6.63. The second-order valence-electron chi connectivity index (χ2n) is 5.45. The average Bonchev–Trinajstić information content (AvgIpc) is 2.29. The van der Waals surface area contributed by atoms with Gasteiger partial charge in [-0.1, -0.05) is 6.92 Å². The first-order chi connectivity index (χ1) is 8.39. The van der Waals surface area contributed by atoms with Gasteiger partial charge in [0.05, 0.1) is 5.41 Å². The highest BCUT2D eigenvalue weighted by atomic mass is 16.4. The fraction of sp³-hybridized carbons (Fsp3) is 0.846. The van der Waals surface area contributed by atoms with Gasteiger partial charge in [-0.05, 0) is 33.2 Å². The molecule has 0 aromatic carbocycles. The summed E-state index contributed by atoms with van der Waals surface area (Å²) >= 11 is 0. The second kappa shape index (κ2) is 6.18. The highest BCUT2D eigenvalue weighted by molar-refractivity contribution is 5.79. The maximum atomic E-state index is 12.1. The Balaban J connectivity index is 2.56. The molecule has 1 heterocycles. The molecule has 0 radical (unpaired) electrons. The van der Waals surface area contributed by atoms with E-state index in [2.05, 4.69) is 5.32 Å². The van der Waals surface area contributed by atoms with Gasteiger partial charge in [0.1, 0.15) is 0 Å². The molecule has 2 N–H and O–H groups in total. The van der Waals surface area contributed by atoms with Gasteiger partial charge < -0.3 is 15.3 Å². The van der Waals surface area contributed by atoms with Gasteiger partial charge in [0.15, 0.2) is 0 Å². The van der Waals surface area contributed by atoms with Crippen molar-refractivity contribution in [3.63, 3.8) is 0 Å². The van der Waals surface area contributed by atoms with Crippen LogP contribution in [-0.2, 0) is 9.59 Å². The summed E-state index contributed by atoms with van der Waals surface area (Å²) in [6.07, 6.45) is 1.85. The van der Waals surface area contributed by atoms with Gasteiger partial charge >= 0.3 is 5.97 Å². The molecule has 1 aliphatic rings. The van der Waals surface area contributed by atoms with Crippen molar-refractivity contribution in [1.29, 1.82) is 0 Å². The van der Waals surface area contributed by atoms with Crippen molar-refractivity contribution in [2.45, 2.75) is 46.1 Å². The van der Waals surface area contributed by atoms with Crippen molar-refractivity contribution in [1.82, 2.24) is 10.2 Å². The molecule has 1 rings (SSSR count). The molecule has 0 saturated carbocycles. The van der Waals surface area contributed by atoms with E-state index in [-0.39, 0.29) is 11.9 Å². The summed E-state index contributed by atoms with van der Waals surface area (Å²) < 4.78 is 0. The molecule has 0 bridgehead atoms. The third-order valence-electron chi connectivity index (χ3n) is 3.60. The lowest BCUT2D eigenvalue weighted by molar-refractivity contribution is -0.153. The van der Waals surface area contributed by atoms with Crippen LogP contribution >= 0.6 is 0 Å². The summed E-state index contributed by atoms with van der Waals surface area (Å²) in [5.41, 5.74) is -0.782. The van der Waals surface area contributed by atoms with Gasteiger partial charge in [-0.15, -0.1) is 0 Å². The van der Waals surface area contributed by atoms with Gasteiger partial charge in [-0.25, -0.2) is 0 Å². The number of amides is 1. The smallest absolute Gasteiger partial charge is 0.311 e. The van der Waals surface area contributed by atoms with Crippen LogP contribution in [0.1, 0.15) is 40.0 Å². The zero-order valence-electron chi connectivity index (χ0n) is 11.5. The highest BCUT2D eigenvalue weighted by Crippen LogP contribution is 2.30. The Hall–Kier alpha value is -1.10. The van der Waals surface area contributed by atoms with Gasteiger partial charge in [0.2, 0.25) is 5.91 Å². The molecule has 0 aromatic heterocycles. The van der Waals surface area contributed by atoms with E-state index < -0.39 is 11.4 Å². The van der Waals surface area contributed by atoms with Crippen LogP contribution in [0.2, 0.25) is 0 Å².